The van der Waals surface area contributed by atoms with E-state index in [-0.39, 0.29) is 20.7 Å². The molecule has 0 saturated carbocycles. The Labute approximate surface area is 141 Å². The van der Waals surface area contributed by atoms with Crippen molar-refractivity contribution in [2.24, 2.45) is 0 Å². The molecule has 0 bridgehead atoms. The van der Waals surface area contributed by atoms with Crippen LogP contribution in [0.5, 0.6) is 0 Å². The van der Waals surface area contributed by atoms with Gasteiger partial charge in [-0.05, 0) is 13.0 Å². The van der Waals surface area contributed by atoms with Gasteiger partial charge in [-0.15, -0.1) is 0 Å². The number of benzene rings is 1. The van der Waals surface area contributed by atoms with Crippen molar-refractivity contribution in [3.63, 3.8) is 0 Å². The van der Waals surface area contributed by atoms with Gasteiger partial charge in [-0.2, -0.15) is 0 Å². The number of thioether (sulfide) groups is 1. The molecule has 1 aromatic rings. The van der Waals surface area contributed by atoms with Crippen LogP contribution in [0.3, 0.4) is 0 Å². The average Bonchev–Trinajstić information content (AvgIpc) is 2.94. The molecule has 0 spiro atoms. The van der Waals surface area contributed by atoms with Gasteiger partial charge in [-0.25, -0.2) is 0 Å². The van der Waals surface area contributed by atoms with Gasteiger partial charge < -0.3 is 14.8 Å². The van der Waals surface area contributed by atoms with Crippen molar-refractivity contribution in [2.45, 2.75) is 13.0 Å². The molecule has 6 nitrogen and oxygen atoms in total. The van der Waals surface area contributed by atoms with Crippen LogP contribution in [0.2, 0.25) is 0 Å². The van der Waals surface area contributed by atoms with Crippen molar-refractivity contribution < 1.29 is 19.5 Å². The van der Waals surface area contributed by atoms with Crippen LogP contribution in [-0.4, -0.2) is 40.1 Å². The molecule has 2 aliphatic heterocycles. The Bertz CT molecular complexity index is 802. The fourth-order valence-electron chi connectivity index (χ4n) is 2.56. The van der Waals surface area contributed by atoms with E-state index in [0.29, 0.717) is 11.3 Å². The lowest BCUT2D eigenvalue weighted by Gasteiger charge is -2.23. The van der Waals surface area contributed by atoms with Crippen molar-refractivity contribution in [1.82, 2.24) is 4.90 Å². The number of hydrogen-bond donors (Lipinski definition) is 0. The molecule has 8 heteroatoms. The number of thiocarbonyl (C=S) groups is 1. The summed E-state index contributed by atoms with van der Waals surface area (Å²) in [6, 6.07) is 5.92. The van der Waals surface area contributed by atoms with E-state index in [0.717, 1.165) is 16.7 Å². The number of likely N-dealkylation sites (N-methyl/N-ethyl adjacent to an activating group) is 1. The number of anilines is 1. The Morgan fingerprint density at radius 3 is 2.57 bits per heavy atom. The lowest BCUT2D eigenvalue weighted by atomic mass is 10.1. The van der Waals surface area contributed by atoms with Crippen LogP contribution >= 0.6 is 24.0 Å². The molecule has 1 saturated heterocycles. The number of hydrogen-bond acceptors (Lipinski definition) is 6. The molecule has 1 fully saturated rings. The highest BCUT2D eigenvalue weighted by atomic mass is 32.2. The molecule has 118 valence electrons. The second-order valence-electron chi connectivity index (χ2n) is 5.12. The zero-order valence-electron chi connectivity index (χ0n) is 12.2. The van der Waals surface area contributed by atoms with Crippen molar-refractivity contribution in [1.29, 1.82) is 0 Å². The van der Waals surface area contributed by atoms with E-state index in [2.05, 4.69) is 0 Å². The Kier molecular flexibility index (Phi) is 3.73. The number of aliphatic carboxylic acids is 1. The zero-order chi connectivity index (χ0) is 16.9. The third-order valence-corrected chi connectivity index (χ3v) is 5.21. The van der Waals surface area contributed by atoms with Crippen LogP contribution in [0.1, 0.15) is 12.5 Å². The summed E-state index contributed by atoms with van der Waals surface area (Å²) >= 11 is 6.05. The molecule has 0 aliphatic carbocycles. The molecule has 2 heterocycles. The number of rotatable bonds is 2. The van der Waals surface area contributed by atoms with E-state index in [9.17, 15) is 19.5 Å². The summed E-state index contributed by atoms with van der Waals surface area (Å²) in [5.74, 6) is -2.29. The van der Waals surface area contributed by atoms with Crippen LogP contribution in [0, 0.1) is 0 Å². The van der Waals surface area contributed by atoms with E-state index >= 15 is 0 Å². The van der Waals surface area contributed by atoms with Crippen LogP contribution in [0.25, 0.3) is 5.57 Å². The number of carbonyl (C=O) groups is 3. The number of carboxylic acid groups (broad SMARTS) is 1. The predicted octanol–water partition coefficient (Wildman–Crippen LogP) is 0.373. The Hall–Kier alpha value is -2.19. The average molecular weight is 347 g/mol. The summed E-state index contributed by atoms with van der Waals surface area (Å²) in [6.45, 7) is 1.32. The SMILES string of the molecule is C[C@H](C(=O)[O-])N1C(=O)/C(=C2/C(=O)N(C)c3ccccc32)SC1=S. The fourth-order valence-corrected chi connectivity index (χ4v) is 4.05. The minimum Gasteiger partial charge on any atom is -0.548 e. The standard InChI is InChI=1S/C15H12N2O4S2/c1-7(14(20)21)17-13(19)11(23-15(17)22)10-8-5-3-4-6-9(8)16(2)12(10)18/h3-7H,1-2H3,(H,20,21)/p-1/b11-10-/t7-/m1/s1. The number of carbonyl (C=O) groups excluding carboxylic acids is 3. The van der Waals surface area contributed by atoms with Crippen molar-refractivity contribution in [3.8, 4) is 0 Å². The third kappa shape index (κ3) is 2.25. The first-order chi connectivity index (χ1) is 10.8. The topological polar surface area (TPSA) is 80.7 Å². The second kappa shape index (κ2) is 5.47. The maximum atomic E-state index is 12.6. The number of amides is 2. The molecular weight excluding hydrogens is 336 g/mol. The molecule has 2 aliphatic rings. The Balaban J connectivity index is 2.14. The van der Waals surface area contributed by atoms with Gasteiger partial charge in [0.05, 0.1) is 28.2 Å². The first-order valence-electron chi connectivity index (χ1n) is 6.72. The van der Waals surface area contributed by atoms with Gasteiger partial charge >= 0.3 is 0 Å². The van der Waals surface area contributed by atoms with Gasteiger partial charge in [0.25, 0.3) is 11.8 Å². The van der Waals surface area contributed by atoms with E-state index in [1.807, 2.05) is 0 Å². The first kappa shape index (κ1) is 15.7. The lowest BCUT2D eigenvalue weighted by molar-refractivity contribution is -0.309. The van der Waals surface area contributed by atoms with Crippen LogP contribution < -0.4 is 10.0 Å². The zero-order valence-corrected chi connectivity index (χ0v) is 13.9. The largest absolute Gasteiger partial charge is 0.548 e. The molecule has 0 aromatic heterocycles. The van der Waals surface area contributed by atoms with Crippen molar-refractivity contribution >= 4 is 57.3 Å². The number of carboxylic acids is 1. The van der Waals surface area contributed by atoms with E-state index < -0.39 is 17.9 Å². The van der Waals surface area contributed by atoms with Crippen LogP contribution in [0.4, 0.5) is 5.69 Å². The van der Waals surface area contributed by atoms with Gasteiger partial charge in [-0.3, -0.25) is 14.5 Å². The second-order valence-corrected chi connectivity index (χ2v) is 6.77. The number of fused-ring (bicyclic) bond motifs is 1. The molecule has 23 heavy (non-hydrogen) atoms. The highest BCUT2D eigenvalue weighted by Crippen LogP contribution is 2.44. The van der Waals surface area contributed by atoms with E-state index in [1.165, 1.54) is 11.8 Å². The maximum absolute atomic E-state index is 12.6. The normalized spacial score (nSPS) is 21.9. The van der Waals surface area contributed by atoms with Gasteiger partial charge in [0.2, 0.25) is 0 Å². The van der Waals surface area contributed by atoms with Gasteiger partial charge in [-0.1, -0.05) is 42.2 Å². The molecule has 3 rings (SSSR count). The molecular formula is C15H11N2O4S2-. The summed E-state index contributed by atoms with van der Waals surface area (Å²) in [7, 11) is 1.62. The number of nitrogens with zero attached hydrogens (tertiary/aromatic N) is 2. The van der Waals surface area contributed by atoms with Crippen LogP contribution in [-0.2, 0) is 14.4 Å². The molecule has 1 aromatic carbocycles. The van der Waals surface area contributed by atoms with Crippen molar-refractivity contribution in [3.05, 3.63) is 34.7 Å². The predicted molar refractivity (Wildman–Crippen MR) is 88.3 cm³/mol. The Morgan fingerprint density at radius 1 is 1.26 bits per heavy atom. The highest BCUT2D eigenvalue weighted by Gasteiger charge is 2.42. The lowest BCUT2D eigenvalue weighted by Crippen LogP contribution is -2.48. The van der Waals surface area contributed by atoms with Gasteiger partial charge in [0.1, 0.15) is 4.32 Å². The monoisotopic (exact) mass is 347 g/mol. The molecule has 0 radical (unpaired) electrons. The third-order valence-electron chi connectivity index (χ3n) is 3.81. The van der Waals surface area contributed by atoms with E-state index in [1.54, 1.807) is 31.3 Å². The minimum absolute atomic E-state index is 0.106. The molecule has 0 unspecified atom stereocenters. The molecule has 2 amide bonds. The molecule has 1 atom stereocenters. The molecule has 0 N–H and O–H groups in total. The summed E-state index contributed by atoms with van der Waals surface area (Å²) in [6.07, 6.45) is 0. The van der Waals surface area contributed by atoms with Gasteiger partial charge in [0, 0.05) is 12.6 Å². The van der Waals surface area contributed by atoms with Crippen molar-refractivity contribution in [2.75, 3.05) is 11.9 Å². The van der Waals surface area contributed by atoms with Gasteiger partial charge in [0.15, 0.2) is 0 Å². The summed E-state index contributed by atoms with van der Waals surface area (Å²) in [5, 5.41) is 11.1. The minimum atomic E-state index is -1.40. The maximum Gasteiger partial charge on any atom is 0.267 e. The summed E-state index contributed by atoms with van der Waals surface area (Å²) in [4.78, 5) is 38.8. The summed E-state index contributed by atoms with van der Waals surface area (Å²) in [5.41, 5.74) is 1.60. The van der Waals surface area contributed by atoms with Crippen LogP contribution in [0.15, 0.2) is 29.2 Å². The Morgan fingerprint density at radius 2 is 1.91 bits per heavy atom. The number of para-hydroxylation sites is 1. The quantitative estimate of drug-likeness (QED) is 0.568. The first-order valence-corrected chi connectivity index (χ1v) is 7.95. The smallest absolute Gasteiger partial charge is 0.267 e. The highest BCUT2D eigenvalue weighted by molar-refractivity contribution is 8.26. The van der Waals surface area contributed by atoms with E-state index in [4.69, 9.17) is 12.2 Å². The summed E-state index contributed by atoms with van der Waals surface area (Å²) < 4.78 is 0.106. The fraction of sp³-hybridized carbons (Fsp3) is 0.200.